The van der Waals surface area contributed by atoms with E-state index in [1.807, 2.05) is 36.7 Å². The molecule has 1 aromatic carbocycles. The van der Waals surface area contributed by atoms with Gasteiger partial charge in [-0.2, -0.15) is 5.21 Å². The molecule has 0 bridgehead atoms. The lowest BCUT2D eigenvalue weighted by molar-refractivity contribution is 0.219. The van der Waals surface area contributed by atoms with Crippen molar-refractivity contribution in [2.24, 2.45) is 0 Å². The molecule has 2 N–H and O–H groups in total. The average Bonchev–Trinajstić information content (AvgIpc) is 3.24. The predicted molar refractivity (Wildman–Crippen MR) is 87.3 cm³/mol. The van der Waals surface area contributed by atoms with Crippen molar-refractivity contribution < 1.29 is 5.11 Å². The number of aliphatic hydroxyl groups is 1. The first-order valence-electron chi connectivity index (χ1n) is 7.32. The van der Waals surface area contributed by atoms with E-state index in [1.165, 1.54) is 5.56 Å². The lowest BCUT2D eigenvalue weighted by Crippen LogP contribution is -2.03. The van der Waals surface area contributed by atoms with Gasteiger partial charge in [-0.25, -0.2) is 0 Å². The molecule has 1 radical (unpaired) electrons. The van der Waals surface area contributed by atoms with E-state index in [1.54, 1.807) is 6.08 Å². The number of rotatable bonds is 5. The van der Waals surface area contributed by atoms with Crippen molar-refractivity contribution in [3.8, 4) is 0 Å². The molecule has 0 saturated carbocycles. The smallest absolute Gasteiger partial charge is 0.206 e. The molecule has 0 aliphatic carbocycles. The van der Waals surface area contributed by atoms with Gasteiger partial charge in [0.25, 0.3) is 0 Å². The fraction of sp³-hybridized carbons (Fsp3) is 0.176. The molecular formula is C17H18N5O. The summed E-state index contributed by atoms with van der Waals surface area (Å²) in [6.07, 6.45) is 6.64. The fourth-order valence-electron chi connectivity index (χ4n) is 2.32. The van der Waals surface area contributed by atoms with E-state index in [9.17, 15) is 5.11 Å². The van der Waals surface area contributed by atoms with Crippen molar-refractivity contribution in [3.05, 3.63) is 78.2 Å². The first-order valence-corrected chi connectivity index (χ1v) is 7.32. The van der Waals surface area contributed by atoms with E-state index in [2.05, 4.69) is 51.2 Å². The molecule has 0 saturated heterocycles. The monoisotopic (exact) mass is 308 g/mol. The number of aliphatic hydroxyl groups excluding tert-OH is 1. The summed E-state index contributed by atoms with van der Waals surface area (Å²) in [5.41, 5.74) is 3.22. The van der Waals surface area contributed by atoms with Gasteiger partial charge in [0.05, 0.1) is 6.04 Å². The molecule has 2 heterocycles. The predicted octanol–water partition coefficient (Wildman–Crippen LogP) is 2.54. The van der Waals surface area contributed by atoms with Gasteiger partial charge in [0, 0.05) is 12.4 Å². The SMILES string of the molecule is [CH2]c1ccc(C(C)n2ccc(C=CC(O)c3nn[nH]n3)c2)cc1. The minimum atomic E-state index is -0.876. The number of nitrogens with one attached hydrogen (secondary N) is 1. The Kier molecular flexibility index (Phi) is 4.34. The van der Waals surface area contributed by atoms with Gasteiger partial charge in [0.1, 0.15) is 6.10 Å². The summed E-state index contributed by atoms with van der Waals surface area (Å²) in [4.78, 5) is 0. The van der Waals surface area contributed by atoms with Crippen LogP contribution in [-0.4, -0.2) is 30.3 Å². The number of tetrazole rings is 1. The zero-order valence-corrected chi connectivity index (χ0v) is 12.8. The summed E-state index contributed by atoms with van der Waals surface area (Å²) < 4.78 is 2.12. The molecule has 117 valence electrons. The van der Waals surface area contributed by atoms with Gasteiger partial charge in [0.2, 0.25) is 5.82 Å². The lowest BCUT2D eigenvalue weighted by Gasteiger charge is -2.14. The van der Waals surface area contributed by atoms with E-state index in [-0.39, 0.29) is 11.9 Å². The van der Waals surface area contributed by atoms with E-state index >= 15 is 0 Å². The standard InChI is InChI=1S/C17H18N5O/c1-12-3-6-15(7-4-12)13(2)22-10-9-14(11-22)5-8-16(23)17-18-20-21-19-17/h3-11,13,16,23H,1H2,2H3,(H,18,19,20,21). The van der Waals surface area contributed by atoms with Gasteiger partial charge in [0.15, 0.2) is 0 Å². The number of hydrogen-bond donors (Lipinski definition) is 2. The molecule has 0 fully saturated rings. The summed E-state index contributed by atoms with van der Waals surface area (Å²) >= 11 is 0. The first-order chi connectivity index (χ1) is 11.1. The Morgan fingerprint density at radius 3 is 2.74 bits per heavy atom. The number of nitrogens with zero attached hydrogens (tertiary/aromatic N) is 4. The van der Waals surface area contributed by atoms with Crippen LogP contribution in [0.3, 0.4) is 0 Å². The third-order valence-corrected chi connectivity index (χ3v) is 3.74. The van der Waals surface area contributed by atoms with Crippen LogP contribution in [-0.2, 0) is 0 Å². The average molecular weight is 308 g/mol. The van der Waals surface area contributed by atoms with Crippen molar-refractivity contribution in [1.82, 2.24) is 25.2 Å². The largest absolute Gasteiger partial charge is 0.381 e. The third-order valence-electron chi connectivity index (χ3n) is 3.74. The van der Waals surface area contributed by atoms with Gasteiger partial charge >= 0.3 is 0 Å². The van der Waals surface area contributed by atoms with Gasteiger partial charge in [-0.3, -0.25) is 0 Å². The summed E-state index contributed by atoms with van der Waals surface area (Å²) in [6, 6.07) is 10.4. The highest BCUT2D eigenvalue weighted by Gasteiger charge is 2.09. The number of hydrogen-bond acceptors (Lipinski definition) is 4. The number of aromatic nitrogens is 5. The summed E-state index contributed by atoms with van der Waals surface area (Å²) in [5, 5.41) is 23.1. The van der Waals surface area contributed by atoms with Crippen LogP contribution in [0.25, 0.3) is 6.08 Å². The van der Waals surface area contributed by atoms with Crippen LogP contribution in [0.2, 0.25) is 0 Å². The maximum atomic E-state index is 9.91. The molecule has 23 heavy (non-hydrogen) atoms. The Morgan fingerprint density at radius 1 is 1.26 bits per heavy atom. The second-order valence-corrected chi connectivity index (χ2v) is 5.38. The van der Waals surface area contributed by atoms with Crippen LogP contribution in [0.4, 0.5) is 0 Å². The quantitative estimate of drug-likeness (QED) is 0.759. The second-order valence-electron chi connectivity index (χ2n) is 5.38. The molecule has 0 aliphatic heterocycles. The van der Waals surface area contributed by atoms with Crippen molar-refractivity contribution in [2.45, 2.75) is 19.1 Å². The van der Waals surface area contributed by atoms with E-state index in [4.69, 9.17) is 0 Å². The second kappa shape index (κ2) is 6.58. The van der Waals surface area contributed by atoms with Crippen molar-refractivity contribution in [2.75, 3.05) is 0 Å². The number of aromatic amines is 1. The van der Waals surface area contributed by atoms with Crippen molar-refractivity contribution in [1.29, 1.82) is 0 Å². The van der Waals surface area contributed by atoms with E-state index in [0.29, 0.717) is 0 Å². The third kappa shape index (κ3) is 3.54. The molecule has 0 aliphatic rings. The Morgan fingerprint density at radius 2 is 2.04 bits per heavy atom. The van der Waals surface area contributed by atoms with Gasteiger partial charge < -0.3 is 9.67 Å². The van der Waals surface area contributed by atoms with Crippen molar-refractivity contribution in [3.63, 3.8) is 0 Å². The van der Waals surface area contributed by atoms with Gasteiger partial charge in [-0.1, -0.05) is 35.6 Å². The molecular weight excluding hydrogens is 290 g/mol. The Balaban J connectivity index is 1.71. The highest BCUT2D eigenvalue weighted by Crippen LogP contribution is 2.20. The van der Waals surface area contributed by atoms with Crippen LogP contribution >= 0.6 is 0 Å². The van der Waals surface area contributed by atoms with Crippen LogP contribution < -0.4 is 0 Å². The molecule has 6 nitrogen and oxygen atoms in total. The highest BCUT2D eigenvalue weighted by atomic mass is 16.3. The van der Waals surface area contributed by atoms with Gasteiger partial charge in [-0.05, 0) is 42.7 Å². The zero-order chi connectivity index (χ0) is 16.2. The topological polar surface area (TPSA) is 79.6 Å². The van der Waals surface area contributed by atoms with E-state index in [0.717, 1.165) is 11.1 Å². The Bertz CT molecular complexity index is 774. The van der Waals surface area contributed by atoms with Crippen LogP contribution in [0, 0.1) is 6.92 Å². The van der Waals surface area contributed by atoms with Crippen LogP contribution in [0.15, 0.2) is 48.8 Å². The summed E-state index contributed by atoms with van der Waals surface area (Å²) in [6.45, 7) is 6.04. The number of H-pyrrole nitrogens is 1. The van der Waals surface area contributed by atoms with E-state index < -0.39 is 6.10 Å². The first kappa shape index (κ1) is 15.2. The lowest BCUT2D eigenvalue weighted by atomic mass is 10.1. The summed E-state index contributed by atoms with van der Waals surface area (Å²) in [5.74, 6) is 0.252. The maximum Gasteiger partial charge on any atom is 0.206 e. The minimum absolute atomic E-state index is 0.222. The molecule has 2 unspecified atom stereocenters. The van der Waals surface area contributed by atoms with Crippen LogP contribution in [0.1, 0.15) is 41.6 Å². The Hall–Kier alpha value is -2.73. The highest BCUT2D eigenvalue weighted by molar-refractivity contribution is 5.49. The van der Waals surface area contributed by atoms with Gasteiger partial charge in [-0.15, -0.1) is 10.2 Å². The zero-order valence-electron chi connectivity index (χ0n) is 12.8. The molecule has 2 aromatic heterocycles. The molecule has 3 aromatic rings. The normalized spacial score (nSPS) is 14.2. The molecule has 2 atom stereocenters. The summed E-state index contributed by atoms with van der Waals surface area (Å²) in [7, 11) is 0. The molecule has 0 spiro atoms. The molecule has 3 rings (SSSR count). The Labute approximate surface area is 134 Å². The molecule has 6 heteroatoms. The maximum absolute atomic E-state index is 9.91. The number of benzene rings is 1. The fourth-order valence-corrected chi connectivity index (χ4v) is 2.32. The molecule has 0 amide bonds. The van der Waals surface area contributed by atoms with Crippen LogP contribution in [0.5, 0.6) is 0 Å². The minimum Gasteiger partial charge on any atom is -0.381 e. The van der Waals surface area contributed by atoms with Crippen molar-refractivity contribution >= 4 is 6.08 Å².